The summed E-state index contributed by atoms with van der Waals surface area (Å²) >= 11 is -0.713. The van der Waals surface area contributed by atoms with Gasteiger partial charge >= 0.3 is 27.0 Å². The minimum atomic E-state index is -2.54. The molecule has 182 valence electrons. The van der Waals surface area contributed by atoms with Crippen molar-refractivity contribution < 1.29 is 63.8 Å². The van der Waals surface area contributed by atoms with E-state index in [9.17, 15) is 8.76 Å². The summed E-state index contributed by atoms with van der Waals surface area (Å²) < 4.78 is 25.4. The van der Waals surface area contributed by atoms with Crippen LogP contribution < -0.4 is 0 Å². The molecule has 0 amide bonds. The first-order valence-electron chi connectivity index (χ1n) is 9.69. The zero-order valence-electron chi connectivity index (χ0n) is 19.1. The van der Waals surface area contributed by atoms with Gasteiger partial charge in [-0.1, -0.05) is 115 Å². The van der Waals surface area contributed by atoms with Crippen LogP contribution in [0.25, 0.3) is 10.5 Å². The summed E-state index contributed by atoms with van der Waals surface area (Å²) in [5.41, 5.74) is 12.5. The topological polar surface area (TPSA) is 78.0 Å². The molecule has 0 spiro atoms. The SMILES string of the molecule is Cc1ccc(C(C)C)cc1.[Ar].[CH3-].[Cl][Ru+3].[NH-]C(c1ccccc1)C([N-]S(=O)[O-])c1ccccc1. The van der Waals surface area contributed by atoms with Crippen molar-refractivity contribution in [1.82, 2.24) is 0 Å². The van der Waals surface area contributed by atoms with E-state index in [1.165, 1.54) is 11.1 Å². The van der Waals surface area contributed by atoms with E-state index in [-0.39, 0.29) is 45.2 Å². The maximum Gasteiger partial charge on any atom is -0.0605 e. The molecule has 33 heavy (non-hydrogen) atoms. The summed E-state index contributed by atoms with van der Waals surface area (Å²) in [6, 6.07) is 25.4. The van der Waals surface area contributed by atoms with Crippen molar-refractivity contribution in [2.75, 3.05) is 0 Å². The third-order valence-corrected chi connectivity index (χ3v) is 4.96. The Kier molecular flexibility index (Phi) is 21.3. The summed E-state index contributed by atoms with van der Waals surface area (Å²) in [4.78, 5) is 0. The number of aryl methyl sites for hydroxylation is 1. The van der Waals surface area contributed by atoms with Gasteiger partial charge in [-0.15, -0.1) is 12.1 Å². The molecule has 0 aliphatic rings. The van der Waals surface area contributed by atoms with Crippen LogP contribution in [0.5, 0.6) is 0 Å². The Morgan fingerprint density at radius 1 is 0.848 bits per heavy atom. The van der Waals surface area contributed by atoms with Gasteiger partial charge in [0.05, 0.1) is 0 Å². The second-order valence-electron chi connectivity index (χ2n) is 7.13. The van der Waals surface area contributed by atoms with Crippen molar-refractivity contribution >= 4 is 21.0 Å². The van der Waals surface area contributed by atoms with E-state index in [2.05, 4.69) is 59.4 Å². The van der Waals surface area contributed by atoms with Crippen molar-refractivity contribution in [3.8, 4) is 0 Å². The summed E-state index contributed by atoms with van der Waals surface area (Å²) in [5, 5.41) is 0. The van der Waals surface area contributed by atoms with Crippen LogP contribution in [-0.4, -0.2) is 8.76 Å². The Labute approximate surface area is 246 Å². The second-order valence-corrected chi connectivity index (χ2v) is 7.78. The Bertz CT molecular complexity index is 888. The molecule has 0 saturated carbocycles. The molecular formula is C25H30ArClN2O2RuS-. The Morgan fingerprint density at radius 3 is 1.67 bits per heavy atom. The van der Waals surface area contributed by atoms with E-state index in [0.29, 0.717) is 5.92 Å². The van der Waals surface area contributed by atoms with Gasteiger partial charge in [-0.3, -0.25) is 4.21 Å². The van der Waals surface area contributed by atoms with E-state index in [1.807, 2.05) is 53.7 Å². The van der Waals surface area contributed by atoms with Gasteiger partial charge in [0.1, 0.15) is 0 Å². The van der Waals surface area contributed by atoms with E-state index in [1.54, 1.807) is 24.3 Å². The van der Waals surface area contributed by atoms with Crippen molar-refractivity contribution in [2.24, 2.45) is 0 Å². The minimum absolute atomic E-state index is 0. The van der Waals surface area contributed by atoms with Crippen LogP contribution in [0.15, 0.2) is 84.9 Å². The number of nitrogens with zero attached hydrogens (tertiary/aromatic N) is 1. The first-order valence-corrected chi connectivity index (χ1v) is 13.0. The van der Waals surface area contributed by atoms with Crippen molar-refractivity contribution in [2.45, 2.75) is 38.8 Å². The zero-order valence-corrected chi connectivity index (χ0v) is 23.1. The minimum Gasteiger partial charge on any atom is -0.789 e. The van der Waals surface area contributed by atoms with Gasteiger partial charge in [0.15, 0.2) is 0 Å². The molecule has 1 N–H and O–H groups in total. The maximum atomic E-state index is 10.9. The molecule has 3 atom stereocenters. The van der Waals surface area contributed by atoms with Crippen LogP contribution in [0.3, 0.4) is 0 Å². The average Bonchev–Trinajstić information content (AvgIpc) is 2.80. The Morgan fingerprint density at radius 2 is 1.27 bits per heavy atom. The molecular weight excluding hydrogens is 569 g/mol. The van der Waals surface area contributed by atoms with Crippen LogP contribution in [0.2, 0.25) is 0 Å². The van der Waals surface area contributed by atoms with Gasteiger partial charge in [0.25, 0.3) is 0 Å². The van der Waals surface area contributed by atoms with Crippen LogP contribution >= 0.6 is 9.69 Å². The fourth-order valence-corrected chi connectivity index (χ4v) is 3.28. The van der Waals surface area contributed by atoms with Crippen molar-refractivity contribution in [1.29, 1.82) is 0 Å². The molecule has 0 aliphatic carbocycles. The number of nitrogens with one attached hydrogen (secondary N) is 1. The number of benzene rings is 3. The number of hydrogen-bond donors (Lipinski definition) is 0. The molecule has 0 aromatic heterocycles. The van der Waals surface area contributed by atoms with Crippen molar-refractivity contribution in [3.05, 3.63) is 125 Å². The summed E-state index contributed by atoms with van der Waals surface area (Å²) in [7, 11) is 4.57. The predicted octanol–water partition coefficient (Wildman–Crippen LogP) is 7.94. The standard InChI is InChI=1S/C14H14N2O2S.C10H14.CH3.Ar.ClH.Ru/c15-13(11-7-3-1-4-8-11)14(16-19(17)18)12-9-5-2-6-10-12;1-8(2)10-6-4-9(3)5-7-10;;;;/h1-10,13-15H,(H,17,18);4-8H,1-3H3;1H3;;1H;/q-2;;-1;;;+4/p-2. The Balaban J connectivity index is 0. The summed E-state index contributed by atoms with van der Waals surface area (Å²) in [6.45, 7) is 6.54. The largest absolute Gasteiger partial charge is 0.789 e. The second kappa shape index (κ2) is 20.1. The number of hydrogen-bond acceptors (Lipinski definition) is 2. The molecule has 0 radical (unpaired) electrons. The third-order valence-electron chi connectivity index (χ3n) is 4.56. The van der Waals surface area contributed by atoms with Gasteiger partial charge < -0.3 is 22.4 Å². The van der Waals surface area contributed by atoms with Crippen LogP contribution in [0, 0.1) is 52.1 Å². The Hall–Kier alpha value is -0.137. The molecule has 3 aromatic rings. The molecule has 8 heteroatoms. The monoisotopic (exact) mass is 599 g/mol. The van der Waals surface area contributed by atoms with Gasteiger partial charge in [-0.25, -0.2) is 0 Å². The molecule has 3 rings (SSSR count). The van der Waals surface area contributed by atoms with Gasteiger partial charge in [0.2, 0.25) is 0 Å². The normalized spacial score (nSPS) is 12.3. The van der Waals surface area contributed by atoms with E-state index in [0.717, 1.165) is 11.1 Å². The van der Waals surface area contributed by atoms with Crippen LogP contribution in [0.1, 0.15) is 54.1 Å². The molecule has 0 fully saturated rings. The first kappa shape index (κ1) is 35.0. The smallest absolute Gasteiger partial charge is 0.0605 e. The van der Waals surface area contributed by atoms with E-state index in [4.69, 9.17) is 5.73 Å². The molecule has 0 bridgehead atoms. The average molecular weight is 599 g/mol. The number of rotatable bonds is 6. The van der Waals surface area contributed by atoms with E-state index >= 15 is 0 Å². The van der Waals surface area contributed by atoms with Crippen LogP contribution in [0.4, 0.5) is 0 Å². The van der Waals surface area contributed by atoms with E-state index < -0.39 is 23.4 Å². The molecule has 0 saturated heterocycles. The summed E-state index contributed by atoms with van der Waals surface area (Å²) in [6.07, 6.45) is 0. The van der Waals surface area contributed by atoms with Crippen molar-refractivity contribution in [3.63, 3.8) is 0 Å². The summed E-state index contributed by atoms with van der Waals surface area (Å²) in [5.74, 6) is 0.653. The molecule has 0 aliphatic heterocycles. The number of halogens is 1. The molecule has 3 unspecified atom stereocenters. The third kappa shape index (κ3) is 13.5. The molecule has 3 aromatic carbocycles. The first-order chi connectivity index (χ1) is 14.9. The predicted molar refractivity (Wildman–Crippen MR) is 133 cm³/mol. The fraction of sp³-hybridized carbons (Fsp3) is 0.240. The van der Waals surface area contributed by atoms with Gasteiger partial charge in [0, 0.05) is 37.7 Å². The molecule has 0 heterocycles. The zero-order chi connectivity index (χ0) is 23.2. The van der Waals surface area contributed by atoms with Gasteiger partial charge in [-0.05, 0) is 18.4 Å². The maximum absolute atomic E-state index is 10.9. The molecule has 4 nitrogen and oxygen atoms in total. The van der Waals surface area contributed by atoms with Gasteiger partial charge in [-0.2, -0.15) is 11.3 Å². The van der Waals surface area contributed by atoms with Crippen LogP contribution in [-0.2, 0) is 28.6 Å². The quantitative estimate of drug-likeness (QED) is 0.164. The fourth-order valence-electron chi connectivity index (χ4n) is 2.85.